The minimum absolute atomic E-state index is 0.136. The average molecular weight is 329 g/mol. The molecule has 0 amide bonds. The molecule has 1 saturated carbocycles. The lowest BCUT2D eigenvalue weighted by Gasteiger charge is -2.32. The van der Waals surface area contributed by atoms with Crippen LogP contribution in [0, 0.1) is 13.8 Å². The number of rotatable bonds is 2. The minimum atomic E-state index is 0.136. The maximum absolute atomic E-state index is 12.0. The van der Waals surface area contributed by atoms with Gasteiger partial charge in [-0.2, -0.15) is 0 Å². The normalized spacial score (nSPS) is 26.4. The number of carbonyl (C=O) groups is 1. The van der Waals surface area contributed by atoms with Crippen molar-refractivity contribution in [2.24, 2.45) is 4.99 Å². The van der Waals surface area contributed by atoms with Gasteiger partial charge in [0.2, 0.25) is 0 Å². The quantitative estimate of drug-likeness (QED) is 0.825. The van der Waals surface area contributed by atoms with Gasteiger partial charge >= 0.3 is 0 Å². The molecule has 3 heterocycles. The molecule has 122 valence electrons. The Hall–Kier alpha value is -1.49. The molecule has 0 aromatic carbocycles. The van der Waals surface area contributed by atoms with Crippen molar-refractivity contribution < 1.29 is 4.79 Å². The molecule has 0 spiro atoms. The van der Waals surface area contributed by atoms with Crippen LogP contribution < -0.4 is 0 Å². The Labute approximate surface area is 141 Å². The van der Waals surface area contributed by atoms with Crippen LogP contribution in [0.3, 0.4) is 0 Å². The third kappa shape index (κ3) is 2.12. The molecule has 2 aliphatic heterocycles. The van der Waals surface area contributed by atoms with Crippen molar-refractivity contribution >= 4 is 28.4 Å². The number of aromatic nitrogens is 1. The predicted molar refractivity (Wildman–Crippen MR) is 95.8 cm³/mol. The monoisotopic (exact) mass is 329 g/mol. The standard InChI is InChI=1S/C18H23N3OS/c1-9-15(11(3)22)10(2)19-16(9)17-12(4)23-18-20-13-7-5-6-8-14(13)21(17)18/h13-14,19H,5-8H2,1-4H3/t13-,14-/m0/s1. The molecule has 1 aliphatic carbocycles. The number of nitrogens with one attached hydrogen (secondary N) is 1. The third-order valence-electron chi connectivity index (χ3n) is 5.35. The van der Waals surface area contributed by atoms with Crippen molar-refractivity contribution in [3.05, 3.63) is 27.4 Å². The van der Waals surface area contributed by atoms with Crippen LogP contribution in [-0.2, 0) is 0 Å². The molecule has 5 heteroatoms. The number of hydrogen-bond acceptors (Lipinski definition) is 4. The van der Waals surface area contributed by atoms with Gasteiger partial charge in [0.15, 0.2) is 11.0 Å². The molecule has 0 unspecified atom stereocenters. The van der Waals surface area contributed by atoms with Crippen LogP contribution in [0.15, 0.2) is 9.90 Å². The van der Waals surface area contributed by atoms with Gasteiger partial charge in [-0.1, -0.05) is 24.6 Å². The smallest absolute Gasteiger partial charge is 0.169 e. The third-order valence-corrected chi connectivity index (χ3v) is 6.34. The second-order valence-corrected chi connectivity index (χ2v) is 8.07. The molecule has 4 rings (SSSR count). The van der Waals surface area contributed by atoms with E-state index in [0.717, 1.165) is 27.7 Å². The largest absolute Gasteiger partial charge is 0.357 e. The summed E-state index contributed by atoms with van der Waals surface area (Å²) in [6, 6.07) is 0.959. The summed E-state index contributed by atoms with van der Waals surface area (Å²) < 4.78 is 0. The lowest BCUT2D eigenvalue weighted by molar-refractivity contribution is 0.101. The van der Waals surface area contributed by atoms with E-state index < -0.39 is 0 Å². The number of aromatic amines is 1. The van der Waals surface area contributed by atoms with Gasteiger partial charge in [0, 0.05) is 16.2 Å². The molecule has 1 aromatic heterocycles. The molecule has 0 bridgehead atoms. The Balaban J connectivity index is 1.80. The maximum atomic E-state index is 12.0. The van der Waals surface area contributed by atoms with E-state index in [0.29, 0.717) is 12.1 Å². The van der Waals surface area contributed by atoms with Crippen molar-refractivity contribution in [2.75, 3.05) is 0 Å². The highest BCUT2D eigenvalue weighted by Gasteiger charge is 2.44. The lowest BCUT2D eigenvalue weighted by atomic mass is 9.90. The van der Waals surface area contributed by atoms with E-state index in [1.54, 1.807) is 18.7 Å². The summed E-state index contributed by atoms with van der Waals surface area (Å²) in [5.74, 6) is 0.136. The summed E-state index contributed by atoms with van der Waals surface area (Å²) in [7, 11) is 0. The number of hydrogen-bond donors (Lipinski definition) is 1. The zero-order valence-corrected chi connectivity index (χ0v) is 15.0. The first-order valence-corrected chi connectivity index (χ1v) is 9.27. The number of aryl methyl sites for hydroxylation is 1. The van der Waals surface area contributed by atoms with Crippen LogP contribution in [0.4, 0.5) is 0 Å². The number of thioether (sulfide) groups is 1. The summed E-state index contributed by atoms with van der Waals surface area (Å²) >= 11 is 1.79. The number of allylic oxidation sites excluding steroid dienone is 1. The van der Waals surface area contributed by atoms with E-state index in [4.69, 9.17) is 4.99 Å². The first-order chi connectivity index (χ1) is 11.0. The van der Waals surface area contributed by atoms with Crippen LogP contribution in [0.1, 0.15) is 66.8 Å². The van der Waals surface area contributed by atoms with Crippen LogP contribution in [0.25, 0.3) is 5.70 Å². The average Bonchev–Trinajstić information content (AvgIpc) is 3.08. The van der Waals surface area contributed by atoms with E-state index in [-0.39, 0.29) is 5.78 Å². The fourth-order valence-corrected chi connectivity index (χ4v) is 5.48. The lowest BCUT2D eigenvalue weighted by Crippen LogP contribution is -2.38. The Morgan fingerprint density at radius 2 is 2.00 bits per heavy atom. The van der Waals surface area contributed by atoms with Crippen LogP contribution in [0.5, 0.6) is 0 Å². The molecule has 1 fully saturated rings. The van der Waals surface area contributed by atoms with Crippen molar-refractivity contribution in [3.63, 3.8) is 0 Å². The minimum Gasteiger partial charge on any atom is -0.357 e. The van der Waals surface area contributed by atoms with Crippen molar-refractivity contribution in [1.82, 2.24) is 9.88 Å². The highest BCUT2D eigenvalue weighted by molar-refractivity contribution is 8.17. The highest BCUT2D eigenvalue weighted by Crippen LogP contribution is 2.48. The van der Waals surface area contributed by atoms with Gasteiger partial charge in [-0.05, 0) is 46.1 Å². The first kappa shape index (κ1) is 15.1. The molecule has 1 N–H and O–H groups in total. The topological polar surface area (TPSA) is 48.5 Å². The van der Waals surface area contributed by atoms with Crippen LogP contribution in [0.2, 0.25) is 0 Å². The van der Waals surface area contributed by atoms with Gasteiger partial charge in [-0.15, -0.1) is 0 Å². The maximum Gasteiger partial charge on any atom is 0.169 e. The Morgan fingerprint density at radius 1 is 1.26 bits per heavy atom. The molecule has 4 nitrogen and oxygen atoms in total. The molecule has 1 aromatic rings. The Kier molecular flexibility index (Phi) is 3.45. The number of Topliss-reactive ketones (excluding diaryl/α,β-unsaturated/α-hetero) is 1. The summed E-state index contributed by atoms with van der Waals surface area (Å²) in [6.07, 6.45) is 5.01. The van der Waals surface area contributed by atoms with Crippen molar-refractivity contribution in [3.8, 4) is 0 Å². The Morgan fingerprint density at radius 3 is 2.70 bits per heavy atom. The van der Waals surface area contributed by atoms with Gasteiger partial charge in [0.05, 0.1) is 23.5 Å². The number of aliphatic imine (C=N–C) groups is 1. The van der Waals surface area contributed by atoms with E-state index in [1.165, 1.54) is 36.3 Å². The fourth-order valence-electron chi connectivity index (χ4n) is 4.39. The molecule has 0 saturated heterocycles. The predicted octanol–water partition coefficient (Wildman–Crippen LogP) is 4.25. The number of H-pyrrole nitrogens is 1. The second-order valence-electron chi connectivity index (χ2n) is 6.89. The molecular formula is C18H23N3OS. The van der Waals surface area contributed by atoms with Gasteiger partial charge in [0.1, 0.15) is 0 Å². The van der Waals surface area contributed by atoms with Crippen molar-refractivity contribution in [2.45, 2.75) is 65.5 Å². The van der Waals surface area contributed by atoms with Gasteiger partial charge < -0.3 is 9.88 Å². The second kappa shape index (κ2) is 5.26. The Bertz CT molecular complexity index is 759. The number of nitrogens with zero attached hydrogens (tertiary/aromatic N) is 2. The zero-order valence-electron chi connectivity index (χ0n) is 14.2. The molecule has 2 atom stereocenters. The molecule has 3 aliphatic rings. The number of fused-ring (bicyclic) bond motifs is 3. The van der Waals surface area contributed by atoms with Crippen LogP contribution in [-0.4, -0.2) is 32.9 Å². The van der Waals surface area contributed by atoms with E-state index >= 15 is 0 Å². The van der Waals surface area contributed by atoms with E-state index in [1.807, 2.05) is 6.92 Å². The van der Waals surface area contributed by atoms with Gasteiger partial charge in [-0.3, -0.25) is 9.79 Å². The zero-order chi connectivity index (χ0) is 16.3. The first-order valence-electron chi connectivity index (χ1n) is 8.45. The fraction of sp³-hybridized carbons (Fsp3) is 0.556. The van der Waals surface area contributed by atoms with Gasteiger partial charge in [0.25, 0.3) is 0 Å². The number of amidine groups is 1. The van der Waals surface area contributed by atoms with Crippen LogP contribution >= 0.6 is 11.8 Å². The number of ketones is 1. The molecule has 23 heavy (non-hydrogen) atoms. The van der Waals surface area contributed by atoms with E-state index in [9.17, 15) is 4.79 Å². The van der Waals surface area contributed by atoms with E-state index in [2.05, 4.69) is 23.7 Å². The summed E-state index contributed by atoms with van der Waals surface area (Å²) in [4.78, 5) is 24.2. The highest BCUT2D eigenvalue weighted by atomic mass is 32.2. The molecular weight excluding hydrogens is 306 g/mol. The van der Waals surface area contributed by atoms with Gasteiger partial charge in [-0.25, -0.2) is 0 Å². The summed E-state index contributed by atoms with van der Waals surface area (Å²) in [5, 5.41) is 1.16. The summed E-state index contributed by atoms with van der Waals surface area (Å²) in [6.45, 7) is 7.87. The number of carbonyl (C=O) groups excluding carboxylic acids is 1. The summed E-state index contributed by atoms with van der Waals surface area (Å²) in [5.41, 5.74) is 5.24. The van der Waals surface area contributed by atoms with Crippen molar-refractivity contribution in [1.29, 1.82) is 0 Å². The SMILES string of the molecule is CC(=O)c1c(C)[nH]c(C2=C(C)SC3=N[C@H]4CCCC[C@@H]4N32)c1C. The molecule has 0 radical (unpaired) electrons.